The van der Waals surface area contributed by atoms with Gasteiger partial charge < -0.3 is 25.2 Å². The summed E-state index contributed by atoms with van der Waals surface area (Å²) < 4.78 is 11.3. The molecule has 8 nitrogen and oxygen atoms in total. The fraction of sp³-hybridized carbons (Fsp3) is 0.303. The summed E-state index contributed by atoms with van der Waals surface area (Å²) in [5.41, 5.74) is 4.13. The maximum Gasteiger partial charge on any atom is 0.336 e. The van der Waals surface area contributed by atoms with Crippen molar-refractivity contribution >= 4 is 23.3 Å². The molecule has 1 aliphatic heterocycles. The Morgan fingerprint density at radius 1 is 1.05 bits per heavy atom. The fourth-order valence-electron chi connectivity index (χ4n) is 6.20. The van der Waals surface area contributed by atoms with Gasteiger partial charge in [-0.1, -0.05) is 42.5 Å². The predicted molar refractivity (Wildman–Crippen MR) is 154 cm³/mol. The molecule has 1 heterocycles. The van der Waals surface area contributed by atoms with E-state index >= 15 is 0 Å². The van der Waals surface area contributed by atoms with Gasteiger partial charge in [0.2, 0.25) is 5.91 Å². The first-order valence-corrected chi connectivity index (χ1v) is 13.7. The van der Waals surface area contributed by atoms with Gasteiger partial charge in [-0.2, -0.15) is 0 Å². The molecule has 3 N–H and O–H groups in total. The van der Waals surface area contributed by atoms with Gasteiger partial charge in [0.25, 0.3) is 0 Å². The minimum Gasteiger partial charge on any atom is -0.508 e. The van der Waals surface area contributed by atoms with Crippen molar-refractivity contribution in [2.45, 2.75) is 51.2 Å². The number of allylic oxidation sites excluding steroid dienone is 1. The third kappa shape index (κ3) is 5.96. The number of phenols is 1. The molecular weight excluding hydrogens is 520 g/mol. The average Bonchev–Trinajstić information content (AvgIpc) is 2.95. The van der Waals surface area contributed by atoms with Crippen LogP contribution in [0.2, 0.25) is 0 Å². The van der Waals surface area contributed by atoms with Crippen molar-refractivity contribution in [2.24, 2.45) is 5.92 Å². The van der Waals surface area contributed by atoms with Crippen LogP contribution >= 0.6 is 0 Å². The number of rotatable bonds is 7. The second-order valence-electron chi connectivity index (χ2n) is 10.7. The number of ketones is 1. The van der Waals surface area contributed by atoms with Gasteiger partial charge in [-0.3, -0.25) is 9.59 Å². The summed E-state index contributed by atoms with van der Waals surface area (Å²) in [6.45, 7) is 3.30. The number of ether oxygens (including phenoxy) is 2. The Balaban J connectivity index is 1.44. The van der Waals surface area contributed by atoms with Crippen LogP contribution < -0.4 is 15.4 Å². The number of methoxy groups -OCH3 is 1. The van der Waals surface area contributed by atoms with Crippen LogP contribution in [0.5, 0.6) is 11.5 Å². The van der Waals surface area contributed by atoms with E-state index in [2.05, 4.69) is 10.6 Å². The van der Waals surface area contributed by atoms with Crippen LogP contribution in [0.25, 0.3) is 0 Å². The molecule has 1 amide bonds. The zero-order valence-corrected chi connectivity index (χ0v) is 23.3. The molecule has 1 fully saturated rings. The number of hydrogen-bond acceptors (Lipinski definition) is 7. The molecule has 5 rings (SSSR count). The van der Waals surface area contributed by atoms with Crippen LogP contribution in [-0.4, -0.2) is 35.9 Å². The third-order valence-corrected chi connectivity index (χ3v) is 7.94. The number of Topliss-reactive ketones (excluding diaryl/α,β-unsaturated/α-hetero) is 1. The van der Waals surface area contributed by atoms with Crippen molar-refractivity contribution in [2.75, 3.05) is 12.4 Å². The highest BCUT2D eigenvalue weighted by Crippen LogP contribution is 2.48. The van der Waals surface area contributed by atoms with E-state index in [4.69, 9.17) is 9.47 Å². The maximum atomic E-state index is 13.9. The van der Waals surface area contributed by atoms with Gasteiger partial charge in [0.15, 0.2) is 0 Å². The SMILES string of the molecule is COc1ccccc1[C@H]1CC(=O)C2C(C1)NC(C)=C(C(=O)OCc1ccc(NC(C)=O)cc1)C2c1cccc(O)c1. The molecule has 4 atom stereocenters. The van der Waals surface area contributed by atoms with E-state index in [1.807, 2.05) is 37.3 Å². The quantitative estimate of drug-likeness (QED) is 0.344. The normalized spacial score (nSPS) is 21.9. The van der Waals surface area contributed by atoms with Crippen molar-refractivity contribution < 1.29 is 29.0 Å². The van der Waals surface area contributed by atoms with E-state index in [-0.39, 0.29) is 36.0 Å². The molecule has 8 heteroatoms. The standard InChI is InChI=1S/C33H34N2O6/c1-19-30(33(39)41-18-21-11-13-24(14-12-21)35-20(2)36)31(22-7-6-8-25(37)15-22)32-27(34-19)16-23(17-28(32)38)26-9-4-5-10-29(26)40-3/h4-15,23,27,31-32,34,37H,16-18H2,1-3H3,(H,35,36)/t23-,27?,31?,32?/m1/s1. The number of fused-ring (bicyclic) bond motifs is 1. The van der Waals surface area contributed by atoms with E-state index in [1.165, 1.54) is 6.92 Å². The summed E-state index contributed by atoms with van der Waals surface area (Å²) in [4.78, 5) is 38.8. The van der Waals surface area contributed by atoms with Gasteiger partial charge in [0, 0.05) is 42.6 Å². The van der Waals surface area contributed by atoms with Crippen LogP contribution in [0.1, 0.15) is 55.2 Å². The van der Waals surface area contributed by atoms with Gasteiger partial charge in [-0.25, -0.2) is 4.79 Å². The van der Waals surface area contributed by atoms with Crippen molar-refractivity contribution in [3.05, 3.63) is 101 Å². The number of phenolic OH excluding ortho intramolecular Hbond substituents is 1. The van der Waals surface area contributed by atoms with Gasteiger partial charge in [-0.15, -0.1) is 0 Å². The Kier molecular flexibility index (Phi) is 8.10. The Labute approximate surface area is 239 Å². The molecule has 1 saturated carbocycles. The van der Waals surface area contributed by atoms with Gasteiger partial charge in [-0.05, 0) is 66.3 Å². The number of hydrogen-bond donors (Lipinski definition) is 3. The molecule has 0 aromatic heterocycles. The molecule has 0 spiro atoms. The number of anilines is 1. The number of nitrogens with one attached hydrogen (secondary N) is 2. The lowest BCUT2D eigenvalue weighted by Crippen LogP contribution is -2.52. The molecule has 0 bridgehead atoms. The molecule has 0 radical (unpaired) electrons. The number of carbonyl (C=O) groups excluding carboxylic acids is 3. The number of aromatic hydroxyl groups is 1. The highest BCUT2D eigenvalue weighted by atomic mass is 16.5. The fourth-order valence-corrected chi connectivity index (χ4v) is 6.20. The Hall–Kier alpha value is -4.59. The van der Waals surface area contributed by atoms with E-state index in [0.29, 0.717) is 35.4 Å². The first-order chi connectivity index (χ1) is 19.7. The molecular formula is C33H34N2O6. The second-order valence-corrected chi connectivity index (χ2v) is 10.7. The van der Waals surface area contributed by atoms with Crippen molar-refractivity contribution in [3.8, 4) is 11.5 Å². The number of amides is 1. The summed E-state index contributed by atoms with van der Waals surface area (Å²) in [5.74, 6) is -0.932. The summed E-state index contributed by atoms with van der Waals surface area (Å²) in [7, 11) is 1.63. The molecule has 1 aliphatic carbocycles. The summed E-state index contributed by atoms with van der Waals surface area (Å²) >= 11 is 0. The van der Waals surface area contributed by atoms with E-state index in [0.717, 1.165) is 16.9 Å². The van der Waals surface area contributed by atoms with E-state index < -0.39 is 17.8 Å². The van der Waals surface area contributed by atoms with Crippen LogP contribution in [-0.2, 0) is 25.7 Å². The first-order valence-electron chi connectivity index (χ1n) is 13.7. The zero-order valence-electron chi connectivity index (χ0n) is 23.3. The molecule has 2 aliphatic rings. The first kappa shape index (κ1) is 28.0. The van der Waals surface area contributed by atoms with Crippen molar-refractivity contribution in [3.63, 3.8) is 0 Å². The minimum atomic E-state index is -0.575. The summed E-state index contributed by atoms with van der Waals surface area (Å²) in [6, 6.07) is 21.4. The van der Waals surface area contributed by atoms with Crippen LogP contribution in [0.15, 0.2) is 84.1 Å². The van der Waals surface area contributed by atoms with E-state index in [9.17, 15) is 19.5 Å². The van der Waals surface area contributed by atoms with Crippen molar-refractivity contribution in [1.82, 2.24) is 5.32 Å². The Morgan fingerprint density at radius 3 is 2.51 bits per heavy atom. The highest BCUT2D eigenvalue weighted by molar-refractivity contribution is 5.95. The molecule has 3 aromatic rings. The Morgan fingerprint density at radius 2 is 1.80 bits per heavy atom. The number of para-hydroxylation sites is 1. The lowest BCUT2D eigenvalue weighted by molar-refractivity contribution is -0.141. The highest BCUT2D eigenvalue weighted by Gasteiger charge is 2.48. The lowest BCUT2D eigenvalue weighted by Gasteiger charge is -2.45. The predicted octanol–water partition coefficient (Wildman–Crippen LogP) is 5.19. The topological polar surface area (TPSA) is 114 Å². The number of carbonyl (C=O) groups is 3. The monoisotopic (exact) mass is 554 g/mol. The zero-order chi connectivity index (χ0) is 29.1. The smallest absolute Gasteiger partial charge is 0.336 e. The second kappa shape index (κ2) is 11.9. The molecule has 41 heavy (non-hydrogen) atoms. The minimum absolute atomic E-state index is 0.0284. The molecule has 212 valence electrons. The van der Waals surface area contributed by atoms with Crippen LogP contribution in [0, 0.1) is 5.92 Å². The average molecular weight is 555 g/mol. The number of benzene rings is 3. The number of esters is 1. The van der Waals surface area contributed by atoms with Crippen LogP contribution in [0.4, 0.5) is 5.69 Å². The Bertz CT molecular complexity index is 1500. The van der Waals surface area contributed by atoms with E-state index in [1.54, 1.807) is 49.6 Å². The van der Waals surface area contributed by atoms with Gasteiger partial charge >= 0.3 is 5.97 Å². The third-order valence-electron chi connectivity index (χ3n) is 7.94. The van der Waals surface area contributed by atoms with Gasteiger partial charge in [0.05, 0.1) is 12.7 Å². The van der Waals surface area contributed by atoms with Crippen molar-refractivity contribution in [1.29, 1.82) is 0 Å². The summed E-state index contributed by atoms with van der Waals surface area (Å²) in [6.07, 6.45) is 1.01. The molecule has 0 saturated heterocycles. The molecule has 3 aromatic carbocycles. The van der Waals surface area contributed by atoms with Gasteiger partial charge in [0.1, 0.15) is 23.9 Å². The van der Waals surface area contributed by atoms with Crippen LogP contribution in [0.3, 0.4) is 0 Å². The maximum absolute atomic E-state index is 13.9. The summed E-state index contributed by atoms with van der Waals surface area (Å²) in [5, 5.41) is 16.5. The molecule has 3 unspecified atom stereocenters. The lowest BCUT2D eigenvalue weighted by atomic mass is 9.64. The largest absolute Gasteiger partial charge is 0.508 e.